The van der Waals surface area contributed by atoms with Gasteiger partial charge in [0.1, 0.15) is 0 Å². The molecule has 19 heavy (non-hydrogen) atoms. The summed E-state index contributed by atoms with van der Waals surface area (Å²) in [5.74, 6) is 1.54. The fraction of sp³-hybridized carbons (Fsp3) is 0.625. The third-order valence-corrected chi connectivity index (χ3v) is 4.32. The zero-order chi connectivity index (χ0) is 13.8. The molecule has 1 aliphatic carbocycles. The molecular weight excluding hydrogens is 238 g/mol. The molecule has 2 N–H and O–H groups in total. The Morgan fingerprint density at radius 2 is 1.95 bits per heavy atom. The monoisotopic (exact) mass is 263 g/mol. The predicted molar refractivity (Wildman–Crippen MR) is 77.6 cm³/mol. The first kappa shape index (κ1) is 14.2. The molecule has 2 rings (SSSR count). The Labute approximate surface area is 116 Å². The average Bonchev–Trinajstić information content (AvgIpc) is 2.93. The highest BCUT2D eigenvalue weighted by atomic mass is 16.5. The molecule has 1 unspecified atom stereocenters. The number of phenolic OH excluding ortho intramolecular Hbond substituents is 1. The quantitative estimate of drug-likeness (QED) is 0.852. The van der Waals surface area contributed by atoms with Gasteiger partial charge in [0.15, 0.2) is 11.5 Å². The summed E-state index contributed by atoms with van der Waals surface area (Å²) in [7, 11) is 1.58. The van der Waals surface area contributed by atoms with Crippen molar-refractivity contribution in [1.82, 2.24) is 5.32 Å². The molecular formula is C16H25NO2. The second-order valence-electron chi connectivity index (χ2n) is 5.65. The number of aromatic hydroxyl groups is 1. The Kier molecular flexibility index (Phi) is 4.70. The Hall–Kier alpha value is -1.22. The van der Waals surface area contributed by atoms with Crippen molar-refractivity contribution in [2.75, 3.05) is 7.11 Å². The predicted octanol–water partition coefficient (Wildman–Crippen LogP) is 3.63. The van der Waals surface area contributed by atoms with Gasteiger partial charge < -0.3 is 15.2 Å². The lowest BCUT2D eigenvalue weighted by molar-refractivity contribution is 0.349. The maximum absolute atomic E-state index is 9.63. The van der Waals surface area contributed by atoms with Crippen molar-refractivity contribution in [2.45, 2.75) is 51.6 Å². The summed E-state index contributed by atoms with van der Waals surface area (Å²) in [4.78, 5) is 0. The Bertz CT molecular complexity index is 413. The summed E-state index contributed by atoms with van der Waals surface area (Å²) < 4.78 is 5.16. The molecule has 3 heteroatoms. The van der Waals surface area contributed by atoms with E-state index in [4.69, 9.17) is 4.74 Å². The van der Waals surface area contributed by atoms with Crippen LogP contribution in [0.2, 0.25) is 0 Å². The van der Waals surface area contributed by atoms with Gasteiger partial charge in [-0.3, -0.25) is 0 Å². The van der Waals surface area contributed by atoms with Gasteiger partial charge in [0.25, 0.3) is 0 Å². The lowest BCUT2D eigenvalue weighted by atomic mass is 9.97. The van der Waals surface area contributed by atoms with Crippen LogP contribution >= 0.6 is 0 Å². The molecule has 0 spiro atoms. The summed E-state index contributed by atoms with van der Waals surface area (Å²) >= 11 is 0. The van der Waals surface area contributed by atoms with Crippen LogP contribution in [-0.2, 0) is 0 Å². The molecule has 0 radical (unpaired) electrons. The fourth-order valence-corrected chi connectivity index (χ4v) is 3.05. The van der Waals surface area contributed by atoms with Crippen molar-refractivity contribution in [3.05, 3.63) is 23.8 Å². The highest BCUT2D eigenvalue weighted by Gasteiger charge is 2.23. The standard InChI is InChI=1S/C16H25NO2/c1-11(13-6-4-5-7-13)17-12(2)14-8-9-15(18)16(10-14)19-3/h8-13,17-18H,4-7H2,1-3H3/t11-,12?/m0/s1. The van der Waals surface area contributed by atoms with Crippen LogP contribution in [0.25, 0.3) is 0 Å². The van der Waals surface area contributed by atoms with Gasteiger partial charge in [-0.05, 0) is 50.3 Å². The normalized spacial score (nSPS) is 19.3. The number of benzene rings is 1. The largest absolute Gasteiger partial charge is 0.504 e. The van der Waals surface area contributed by atoms with Crippen LogP contribution in [-0.4, -0.2) is 18.3 Å². The highest BCUT2D eigenvalue weighted by molar-refractivity contribution is 5.42. The van der Waals surface area contributed by atoms with E-state index in [9.17, 15) is 5.11 Å². The second-order valence-corrected chi connectivity index (χ2v) is 5.65. The summed E-state index contributed by atoms with van der Waals surface area (Å²) in [5, 5.41) is 13.3. The number of hydrogen-bond acceptors (Lipinski definition) is 3. The summed E-state index contributed by atoms with van der Waals surface area (Å²) in [5.41, 5.74) is 1.15. The van der Waals surface area contributed by atoms with Gasteiger partial charge in [-0.15, -0.1) is 0 Å². The molecule has 2 atom stereocenters. The van der Waals surface area contributed by atoms with Gasteiger partial charge in [0.05, 0.1) is 7.11 Å². The number of nitrogens with one attached hydrogen (secondary N) is 1. The Morgan fingerprint density at radius 1 is 1.26 bits per heavy atom. The number of hydrogen-bond donors (Lipinski definition) is 2. The SMILES string of the molecule is COc1cc(C(C)N[C@@H](C)C2CCCC2)ccc1O. The molecule has 0 amide bonds. The zero-order valence-corrected chi connectivity index (χ0v) is 12.1. The molecule has 0 aliphatic heterocycles. The third-order valence-electron chi connectivity index (χ3n) is 4.32. The molecule has 0 bridgehead atoms. The van der Waals surface area contributed by atoms with Gasteiger partial charge in [0.2, 0.25) is 0 Å². The molecule has 1 aliphatic rings. The number of phenols is 1. The summed E-state index contributed by atoms with van der Waals surface area (Å²) in [6.45, 7) is 4.45. The van der Waals surface area contributed by atoms with Crippen LogP contribution in [0.3, 0.4) is 0 Å². The first-order valence-corrected chi connectivity index (χ1v) is 7.24. The van der Waals surface area contributed by atoms with Crippen molar-refractivity contribution in [1.29, 1.82) is 0 Å². The molecule has 0 aromatic heterocycles. The van der Waals surface area contributed by atoms with Crippen LogP contribution < -0.4 is 10.1 Å². The van der Waals surface area contributed by atoms with Gasteiger partial charge in [0, 0.05) is 12.1 Å². The number of methoxy groups -OCH3 is 1. The first-order chi connectivity index (χ1) is 9.11. The smallest absolute Gasteiger partial charge is 0.160 e. The highest BCUT2D eigenvalue weighted by Crippen LogP contribution is 2.31. The maximum Gasteiger partial charge on any atom is 0.160 e. The van der Waals surface area contributed by atoms with Gasteiger partial charge in [-0.1, -0.05) is 18.9 Å². The van der Waals surface area contributed by atoms with E-state index in [0.717, 1.165) is 11.5 Å². The van der Waals surface area contributed by atoms with Crippen LogP contribution in [0.5, 0.6) is 11.5 Å². The van der Waals surface area contributed by atoms with E-state index in [1.807, 2.05) is 12.1 Å². The second kappa shape index (κ2) is 6.29. The molecule has 0 saturated heterocycles. The summed E-state index contributed by atoms with van der Waals surface area (Å²) in [6.07, 6.45) is 5.44. The molecule has 106 valence electrons. The Balaban J connectivity index is 2.00. The molecule has 3 nitrogen and oxygen atoms in total. The van der Waals surface area contributed by atoms with E-state index in [2.05, 4.69) is 19.2 Å². The van der Waals surface area contributed by atoms with E-state index in [-0.39, 0.29) is 11.8 Å². The van der Waals surface area contributed by atoms with Crippen LogP contribution in [0.1, 0.15) is 51.1 Å². The van der Waals surface area contributed by atoms with E-state index in [1.165, 1.54) is 25.7 Å². The molecule has 1 fully saturated rings. The first-order valence-electron chi connectivity index (χ1n) is 7.24. The van der Waals surface area contributed by atoms with E-state index in [1.54, 1.807) is 13.2 Å². The van der Waals surface area contributed by atoms with E-state index >= 15 is 0 Å². The zero-order valence-electron chi connectivity index (χ0n) is 12.1. The number of ether oxygens (including phenoxy) is 1. The summed E-state index contributed by atoms with van der Waals surface area (Å²) in [6, 6.07) is 6.38. The minimum Gasteiger partial charge on any atom is -0.504 e. The van der Waals surface area contributed by atoms with Gasteiger partial charge >= 0.3 is 0 Å². The van der Waals surface area contributed by atoms with Crippen molar-refractivity contribution in [3.63, 3.8) is 0 Å². The molecule has 1 aromatic rings. The minimum atomic E-state index is 0.197. The molecule has 1 aromatic carbocycles. The minimum absolute atomic E-state index is 0.197. The van der Waals surface area contributed by atoms with Crippen LogP contribution in [0, 0.1) is 5.92 Å². The maximum atomic E-state index is 9.63. The van der Waals surface area contributed by atoms with Crippen molar-refractivity contribution in [2.24, 2.45) is 5.92 Å². The van der Waals surface area contributed by atoms with Crippen molar-refractivity contribution in [3.8, 4) is 11.5 Å². The third kappa shape index (κ3) is 3.41. The lowest BCUT2D eigenvalue weighted by Gasteiger charge is -2.25. The molecule has 1 saturated carbocycles. The van der Waals surface area contributed by atoms with Crippen LogP contribution in [0.4, 0.5) is 0 Å². The topological polar surface area (TPSA) is 41.5 Å². The van der Waals surface area contributed by atoms with E-state index in [0.29, 0.717) is 11.8 Å². The lowest BCUT2D eigenvalue weighted by Crippen LogP contribution is -2.34. The Morgan fingerprint density at radius 3 is 2.58 bits per heavy atom. The van der Waals surface area contributed by atoms with Gasteiger partial charge in [-0.2, -0.15) is 0 Å². The van der Waals surface area contributed by atoms with Crippen LogP contribution in [0.15, 0.2) is 18.2 Å². The number of rotatable bonds is 5. The average molecular weight is 263 g/mol. The van der Waals surface area contributed by atoms with Crippen molar-refractivity contribution >= 4 is 0 Å². The van der Waals surface area contributed by atoms with E-state index < -0.39 is 0 Å². The van der Waals surface area contributed by atoms with Gasteiger partial charge in [-0.25, -0.2) is 0 Å². The molecule has 0 heterocycles. The van der Waals surface area contributed by atoms with Crippen molar-refractivity contribution < 1.29 is 9.84 Å². The fourth-order valence-electron chi connectivity index (χ4n) is 3.05.